The summed E-state index contributed by atoms with van der Waals surface area (Å²) >= 11 is 13.3. The molecule has 102 valence electrons. The molecule has 3 aromatic rings. The van der Waals surface area contributed by atoms with Crippen LogP contribution in [-0.2, 0) is 0 Å². The van der Waals surface area contributed by atoms with E-state index in [-0.39, 0.29) is 0 Å². The highest BCUT2D eigenvalue weighted by Crippen LogP contribution is 2.34. The molecule has 0 aliphatic rings. The predicted molar refractivity (Wildman–Crippen MR) is 82.2 cm³/mol. The van der Waals surface area contributed by atoms with E-state index in [0.29, 0.717) is 26.8 Å². The first-order valence-electron chi connectivity index (χ1n) is 5.70. The van der Waals surface area contributed by atoms with Crippen LogP contribution in [0.5, 0.6) is 0 Å². The van der Waals surface area contributed by atoms with Gasteiger partial charge in [0.15, 0.2) is 0 Å². The average Bonchev–Trinajstić information content (AvgIpc) is 2.99. The van der Waals surface area contributed by atoms with Crippen LogP contribution >= 0.6 is 34.5 Å². The number of aryl methyl sites for hydroxylation is 1. The van der Waals surface area contributed by atoms with Crippen LogP contribution in [0.2, 0.25) is 10.0 Å². The maximum atomic E-state index is 5.98. The second-order valence-corrected chi connectivity index (χ2v) is 6.29. The van der Waals surface area contributed by atoms with Crippen molar-refractivity contribution in [3.8, 4) is 22.8 Å². The lowest BCUT2D eigenvalue weighted by atomic mass is 10.2. The molecule has 3 rings (SSSR count). The Morgan fingerprint density at radius 3 is 2.65 bits per heavy atom. The second kappa shape index (κ2) is 5.09. The normalized spacial score (nSPS) is 10.9. The molecule has 0 saturated heterocycles. The van der Waals surface area contributed by atoms with Gasteiger partial charge in [-0.1, -0.05) is 28.4 Å². The lowest BCUT2D eigenvalue weighted by molar-refractivity contribution is 0.432. The number of nitrogen functional groups attached to an aromatic ring is 1. The number of benzene rings is 1. The summed E-state index contributed by atoms with van der Waals surface area (Å²) in [5.41, 5.74) is 7.41. The highest BCUT2D eigenvalue weighted by atomic mass is 35.5. The Morgan fingerprint density at radius 2 is 2.00 bits per heavy atom. The fourth-order valence-corrected chi connectivity index (χ4v) is 2.86. The van der Waals surface area contributed by atoms with Crippen LogP contribution in [0.25, 0.3) is 22.8 Å². The smallest absolute Gasteiger partial charge is 0.261 e. The molecule has 1 aromatic carbocycles. The van der Waals surface area contributed by atoms with Crippen molar-refractivity contribution < 1.29 is 4.52 Å². The third-order valence-corrected chi connectivity index (χ3v) is 4.34. The predicted octanol–water partition coefficient (Wildman–Crippen LogP) is 4.66. The molecule has 0 unspecified atom stereocenters. The summed E-state index contributed by atoms with van der Waals surface area (Å²) < 4.78 is 5.26. The molecule has 0 radical (unpaired) electrons. The molecular formula is C13H9Cl2N3OS. The van der Waals surface area contributed by atoms with Crippen molar-refractivity contribution in [2.45, 2.75) is 6.92 Å². The van der Waals surface area contributed by atoms with Crippen molar-refractivity contribution in [1.29, 1.82) is 0 Å². The van der Waals surface area contributed by atoms with Crippen LogP contribution in [0.4, 0.5) is 5.00 Å². The number of hydrogen-bond donors (Lipinski definition) is 1. The molecule has 0 spiro atoms. The van der Waals surface area contributed by atoms with Crippen molar-refractivity contribution in [2.75, 3.05) is 5.73 Å². The fraction of sp³-hybridized carbons (Fsp3) is 0.0769. The first-order valence-corrected chi connectivity index (χ1v) is 7.27. The number of nitrogens with zero attached hydrogens (tertiary/aromatic N) is 2. The molecule has 0 atom stereocenters. The Hall–Kier alpha value is -1.56. The molecule has 0 aliphatic carbocycles. The third-order valence-electron chi connectivity index (χ3n) is 2.72. The van der Waals surface area contributed by atoms with Gasteiger partial charge in [-0.2, -0.15) is 4.98 Å². The number of nitrogens with two attached hydrogens (primary N) is 1. The van der Waals surface area contributed by atoms with Gasteiger partial charge in [0.1, 0.15) is 0 Å². The van der Waals surface area contributed by atoms with Gasteiger partial charge < -0.3 is 10.3 Å². The van der Waals surface area contributed by atoms with E-state index in [0.717, 1.165) is 16.0 Å². The zero-order chi connectivity index (χ0) is 14.3. The van der Waals surface area contributed by atoms with Crippen molar-refractivity contribution in [3.05, 3.63) is 39.2 Å². The highest BCUT2D eigenvalue weighted by molar-refractivity contribution is 7.16. The van der Waals surface area contributed by atoms with Gasteiger partial charge in [0, 0.05) is 10.4 Å². The zero-order valence-corrected chi connectivity index (χ0v) is 12.7. The van der Waals surface area contributed by atoms with Crippen molar-refractivity contribution in [2.24, 2.45) is 0 Å². The molecule has 7 heteroatoms. The van der Waals surface area contributed by atoms with E-state index in [1.165, 1.54) is 11.3 Å². The molecule has 0 fully saturated rings. The summed E-state index contributed by atoms with van der Waals surface area (Å²) in [4.78, 5) is 5.43. The second-order valence-electron chi connectivity index (χ2n) is 4.19. The summed E-state index contributed by atoms with van der Waals surface area (Å²) in [6.45, 7) is 1.97. The molecule has 0 bridgehead atoms. The van der Waals surface area contributed by atoms with Crippen LogP contribution < -0.4 is 5.73 Å². The topological polar surface area (TPSA) is 64.9 Å². The first kappa shape index (κ1) is 13.4. The van der Waals surface area contributed by atoms with Crippen LogP contribution in [0.3, 0.4) is 0 Å². The van der Waals surface area contributed by atoms with E-state index in [4.69, 9.17) is 33.5 Å². The molecule has 2 N–H and O–H groups in total. The zero-order valence-electron chi connectivity index (χ0n) is 10.4. The van der Waals surface area contributed by atoms with E-state index in [1.807, 2.05) is 13.0 Å². The van der Waals surface area contributed by atoms with Gasteiger partial charge in [-0.25, -0.2) is 0 Å². The lowest BCUT2D eigenvalue weighted by Gasteiger charge is -1.97. The number of rotatable bonds is 2. The van der Waals surface area contributed by atoms with E-state index in [9.17, 15) is 0 Å². The Bertz CT molecular complexity index is 782. The molecule has 2 heterocycles. The maximum absolute atomic E-state index is 5.98. The van der Waals surface area contributed by atoms with E-state index >= 15 is 0 Å². The molecule has 0 aliphatic heterocycles. The molecule has 0 amide bonds. The minimum atomic E-state index is 0.396. The minimum Gasteiger partial charge on any atom is -0.390 e. The maximum Gasteiger partial charge on any atom is 0.261 e. The number of thiophene rings is 1. The SMILES string of the molecule is Cc1cc(-c2nc(-c3ccc(Cl)c(Cl)c3)no2)c(N)s1. The van der Waals surface area contributed by atoms with E-state index in [2.05, 4.69) is 10.1 Å². The van der Waals surface area contributed by atoms with Crippen molar-refractivity contribution >= 4 is 39.5 Å². The summed E-state index contributed by atoms with van der Waals surface area (Å²) in [6, 6.07) is 7.09. The van der Waals surface area contributed by atoms with Gasteiger partial charge in [0.2, 0.25) is 5.82 Å². The number of anilines is 1. The minimum absolute atomic E-state index is 0.396. The quantitative estimate of drug-likeness (QED) is 0.744. The summed E-state index contributed by atoms with van der Waals surface area (Å²) in [5, 5.41) is 5.53. The van der Waals surface area contributed by atoms with Crippen molar-refractivity contribution in [3.63, 3.8) is 0 Å². The van der Waals surface area contributed by atoms with Gasteiger partial charge in [-0.05, 0) is 31.2 Å². The molecule has 4 nitrogen and oxygen atoms in total. The number of hydrogen-bond acceptors (Lipinski definition) is 5. The van der Waals surface area contributed by atoms with Crippen LogP contribution in [0.15, 0.2) is 28.8 Å². The molecule has 2 aromatic heterocycles. The van der Waals surface area contributed by atoms with Gasteiger partial charge in [0.25, 0.3) is 5.89 Å². The van der Waals surface area contributed by atoms with Gasteiger partial charge in [-0.15, -0.1) is 11.3 Å². The molecular weight excluding hydrogens is 317 g/mol. The average molecular weight is 326 g/mol. The van der Waals surface area contributed by atoms with E-state index < -0.39 is 0 Å². The van der Waals surface area contributed by atoms with Gasteiger partial charge in [0.05, 0.1) is 20.6 Å². The summed E-state index contributed by atoms with van der Waals surface area (Å²) in [5.74, 6) is 0.842. The number of aromatic nitrogens is 2. The van der Waals surface area contributed by atoms with Gasteiger partial charge >= 0.3 is 0 Å². The van der Waals surface area contributed by atoms with Crippen molar-refractivity contribution in [1.82, 2.24) is 10.1 Å². The third kappa shape index (κ3) is 2.40. The van der Waals surface area contributed by atoms with Gasteiger partial charge in [-0.3, -0.25) is 0 Å². The Labute approximate surface area is 129 Å². The van der Waals surface area contributed by atoms with Crippen LogP contribution in [0, 0.1) is 6.92 Å². The Morgan fingerprint density at radius 1 is 1.20 bits per heavy atom. The summed E-state index contributed by atoms with van der Waals surface area (Å²) in [6.07, 6.45) is 0. The summed E-state index contributed by atoms with van der Waals surface area (Å²) in [7, 11) is 0. The first-order chi connectivity index (χ1) is 9.54. The lowest BCUT2D eigenvalue weighted by Crippen LogP contribution is -1.84. The largest absolute Gasteiger partial charge is 0.390 e. The monoisotopic (exact) mass is 325 g/mol. The molecule has 0 saturated carbocycles. The van der Waals surface area contributed by atoms with Crippen LogP contribution in [0.1, 0.15) is 4.88 Å². The standard InChI is InChI=1S/C13H9Cl2N3OS/c1-6-4-8(11(16)20-6)13-17-12(18-19-13)7-2-3-9(14)10(15)5-7/h2-5H,16H2,1H3. The van der Waals surface area contributed by atoms with Crippen LogP contribution in [-0.4, -0.2) is 10.1 Å². The molecule has 20 heavy (non-hydrogen) atoms. The van der Waals surface area contributed by atoms with E-state index in [1.54, 1.807) is 18.2 Å². The number of halogens is 2. The highest BCUT2D eigenvalue weighted by Gasteiger charge is 2.15. The Kier molecular flexibility index (Phi) is 3.41. The Balaban J connectivity index is 2.01. The fourth-order valence-electron chi connectivity index (χ4n) is 1.78.